The minimum atomic E-state index is -3.26. The molecule has 30 heavy (non-hydrogen) atoms. The predicted octanol–water partition coefficient (Wildman–Crippen LogP) is 3.28. The predicted molar refractivity (Wildman–Crippen MR) is 118 cm³/mol. The summed E-state index contributed by atoms with van der Waals surface area (Å²) in [6.07, 6.45) is 8.65. The van der Waals surface area contributed by atoms with Crippen molar-refractivity contribution in [3.63, 3.8) is 0 Å². The number of benzene rings is 1. The van der Waals surface area contributed by atoms with E-state index in [9.17, 15) is 8.42 Å². The van der Waals surface area contributed by atoms with Crippen molar-refractivity contribution >= 4 is 10.0 Å². The zero-order chi connectivity index (χ0) is 21.1. The van der Waals surface area contributed by atoms with Gasteiger partial charge in [0, 0.05) is 18.6 Å². The molecular weight excluding hydrogens is 400 g/mol. The Balaban J connectivity index is 1.62. The van der Waals surface area contributed by atoms with Crippen LogP contribution in [0.2, 0.25) is 0 Å². The van der Waals surface area contributed by atoms with Gasteiger partial charge >= 0.3 is 0 Å². The van der Waals surface area contributed by atoms with Crippen molar-refractivity contribution in [1.29, 1.82) is 0 Å². The highest BCUT2D eigenvalue weighted by Crippen LogP contribution is 2.39. The molecule has 2 bridgehead atoms. The second kappa shape index (κ2) is 9.55. The number of hydrogen-bond donors (Lipinski definition) is 1. The maximum absolute atomic E-state index is 12.0. The Bertz CT molecular complexity index is 807. The van der Waals surface area contributed by atoms with Gasteiger partial charge in [0.1, 0.15) is 11.9 Å². The first kappa shape index (κ1) is 22.1. The molecule has 5 rings (SSSR count). The smallest absolute Gasteiger partial charge is 0.209 e. The van der Waals surface area contributed by atoms with Crippen molar-refractivity contribution in [1.82, 2.24) is 9.62 Å². The summed E-state index contributed by atoms with van der Waals surface area (Å²) in [4.78, 5) is 2.40. The third kappa shape index (κ3) is 5.36. The molecule has 1 saturated carbocycles. The second-order valence-electron chi connectivity index (χ2n) is 9.19. The third-order valence-corrected chi connectivity index (χ3v) is 7.71. The molecule has 0 amide bonds. The Labute approximate surface area is 181 Å². The fourth-order valence-electron chi connectivity index (χ4n) is 5.38. The van der Waals surface area contributed by atoms with Gasteiger partial charge in [-0.15, -0.1) is 0 Å². The summed E-state index contributed by atoms with van der Waals surface area (Å²) < 4.78 is 39.8. The van der Waals surface area contributed by atoms with E-state index >= 15 is 0 Å². The molecule has 3 atom stereocenters. The number of ether oxygens (including phenoxy) is 2. The third-order valence-electron chi connectivity index (χ3n) is 6.98. The molecule has 4 aliphatic rings. The molecule has 0 spiro atoms. The lowest BCUT2D eigenvalue weighted by atomic mass is 9.82. The van der Waals surface area contributed by atoms with Crippen LogP contribution in [0.3, 0.4) is 0 Å². The van der Waals surface area contributed by atoms with Crippen LogP contribution >= 0.6 is 0 Å². The molecule has 1 aromatic rings. The molecule has 0 radical (unpaired) electrons. The summed E-state index contributed by atoms with van der Waals surface area (Å²) in [5.41, 5.74) is 1.33. The van der Waals surface area contributed by atoms with Crippen molar-refractivity contribution in [3.8, 4) is 5.75 Å². The number of sulfonamides is 1. The molecule has 168 valence electrons. The fraction of sp³-hybridized carbons (Fsp3) is 0.739. The topological polar surface area (TPSA) is 67.9 Å². The number of fused-ring (bicyclic) bond motifs is 5. The van der Waals surface area contributed by atoms with Gasteiger partial charge in [-0.2, -0.15) is 0 Å². The zero-order valence-electron chi connectivity index (χ0n) is 18.3. The minimum absolute atomic E-state index is 0.0415. The van der Waals surface area contributed by atoms with E-state index in [4.69, 9.17) is 9.47 Å². The van der Waals surface area contributed by atoms with E-state index in [2.05, 4.69) is 40.8 Å². The van der Waals surface area contributed by atoms with E-state index in [1.54, 1.807) is 0 Å². The Morgan fingerprint density at radius 2 is 1.90 bits per heavy atom. The summed E-state index contributed by atoms with van der Waals surface area (Å²) in [5.74, 6) is 1.55. The van der Waals surface area contributed by atoms with E-state index in [0.717, 1.165) is 63.8 Å². The first-order valence-corrected chi connectivity index (χ1v) is 13.4. The zero-order valence-corrected chi connectivity index (χ0v) is 19.1. The summed E-state index contributed by atoms with van der Waals surface area (Å²) in [7, 11) is -3.26. The van der Waals surface area contributed by atoms with Gasteiger partial charge < -0.3 is 9.47 Å². The normalized spacial score (nSPS) is 33.3. The van der Waals surface area contributed by atoms with Crippen LogP contribution in [0.1, 0.15) is 63.4 Å². The molecule has 1 aromatic carbocycles. The van der Waals surface area contributed by atoms with Crippen molar-refractivity contribution in [2.75, 3.05) is 26.0 Å². The van der Waals surface area contributed by atoms with Gasteiger partial charge in [0.05, 0.1) is 19.0 Å². The molecule has 1 N–H and O–H groups in total. The fourth-order valence-corrected chi connectivity index (χ4v) is 6.20. The summed E-state index contributed by atoms with van der Waals surface area (Å²) >= 11 is 0. The molecule has 3 heterocycles. The lowest BCUT2D eigenvalue weighted by Crippen LogP contribution is -2.59. The average molecular weight is 437 g/mol. The monoisotopic (exact) mass is 436 g/mol. The van der Waals surface area contributed by atoms with Gasteiger partial charge in [0.25, 0.3) is 0 Å². The molecule has 7 heteroatoms. The van der Waals surface area contributed by atoms with Crippen LogP contribution in [0.4, 0.5) is 0 Å². The van der Waals surface area contributed by atoms with Gasteiger partial charge in [-0.3, -0.25) is 4.90 Å². The number of para-hydroxylation sites is 1. The highest BCUT2D eigenvalue weighted by Gasteiger charge is 2.36. The molecular formula is C23H36N2O4S. The molecule has 6 nitrogen and oxygen atoms in total. The van der Waals surface area contributed by atoms with Crippen LogP contribution in [-0.2, 0) is 14.8 Å². The minimum Gasteiger partial charge on any atom is -0.489 e. The molecule has 1 unspecified atom stereocenters. The quantitative estimate of drug-likeness (QED) is 0.788. The van der Waals surface area contributed by atoms with Crippen LogP contribution < -0.4 is 9.46 Å². The van der Waals surface area contributed by atoms with E-state index < -0.39 is 10.0 Å². The van der Waals surface area contributed by atoms with Crippen LogP contribution in [0, 0.1) is 0 Å². The molecule has 1 aliphatic carbocycles. The van der Waals surface area contributed by atoms with Crippen LogP contribution in [0.5, 0.6) is 5.75 Å². The van der Waals surface area contributed by atoms with Crippen LogP contribution in [0.15, 0.2) is 24.3 Å². The van der Waals surface area contributed by atoms with Crippen molar-refractivity contribution < 1.29 is 17.9 Å². The first-order chi connectivity index (χ1) is 14.4. The first-order valence-electron chi connectivity index (χ1n) is 11.5. The number of piperidine rings is 1. The van der Waals surface area contributed by atoms with Gasteiger partial charge in [-0.25, -0.2) is 13.1 Å². The maximum atomic E-state index is 12.0. The molecule has 3 aliphatic heterocycles. The maximum Gasteiger partial charge on any atom is 0.209 e. The Morgan fingerprint density at radius 3 is 2.63 bits per heavy atom. The van der Waals surface area contributed by atoms with Crippen molar-refractivity contribution in [3.05, 3.63) is 29.8 Å². The lowest BCUT2D eigenvalue weighted by molar-refractivity contribution is -0.0335. The second-order valence-corrected chi connectivity index (χ2v) is 11.0. The highest BCUT2D eigenvalue weighted by molar-refractivity contribution is 7.88. The van der Waals surface area contributed by atoms with E-state index in [-0.39, 0.29) is 24.3 Å². The number of hydrogen-bond acceptors (Lipinski definition) is 5. The van der Waals surface area contributed by atoms with Crippen molar-refractivity contribution in [2.24, 2.45) is 0 Å². The van der Waals surface area contributed by atoms with E-state index in [1.807, 2.05) is 0 Å². The standard InChI is InChI=1S/C23H36N2O4S/c1-3-18-15-25-14-6-8-21(24-30(2,26)27)22(25)16-28-19-12-10-17(11-13-19)20-7-4-5-9-23(20)29-18/h4-5,7,9,17-19,21-22,24H,3,6,8,10-16H2,1-2H3/t17-,18-,19+,21-,22?/m0/s1. The Morgan fingerprint density at radius 1 is 1.13 bits per heavy atom. The highest BCUT2D eigenvalue weighted by atomic mass is 32.2. The van der Waals surface area contributed by atoms with Crippen molar-refractivity contribution in [2.45, 2.75) is 82.1 Å². The average Bonchev–Trinajstić information content (AvgIpc) is 2.74. The molecule has 1 saturated heterocycles. The van der Waals surface area contributed by atoms with Gasteiger partial charge in [0.15, 0.2) is 0 Å². The summed E-state index contributed by atoms with van der Waals surface area (Å²) in [6.45, 7) is 4.48. The SMILES string of the molecule is CC[C@H]1CN2CCC[C@H](NS(C)(=O)=O)C2CO[C@H]2CC[C@H](CC2)c2ccccc2O1. The lowest BCUT2D eigenvalue weighted by Gasteiger charge is -2.43. The molecule has 2 fully saturated rings. The van der Waals surface area contributed by atoms with Crippen LogP contribution in [0.25, 0.3) is 0 Å². The Kier molecular flexibility index (Phi) is 7.02. The number of nitrogens with zero attached hydrogens (tertiary/aromatic N) is 1. The largest absolute Gasteiger partial charge is 0.489 e. The number of nitrogens with one attached hydrogen (secondary N) is 1. The summed E-state index contributed by atoms with van der Waals surface area (Å²) in [6, 6.07) is 8.45. The van der Waals surface area contributed by atoms with Gasteiger partial charge in [0.2, 0.25) is 10.0 Å². The summed E-state index contributed by atoms with van der Waals surface area (Å²) in [5, 5.41) is 0. The molecule has 0 aromatic heterocycles. The number of rotatable bonds is 3. The van der Waals surface area contributed by atoms with E-state index in [0.29, 0.717) is 12.5 Å². The Hall–Kier alpha value is -1.15. The van der Waals surface area contributed by atoms with Gasteiger partial charge in [-0.05, 0) is 69.0 Å². The van der Waals surface area contributed by atoms with Gasteiger partial charge in [-0.1, -0.05) is 25.1 Å². The van der Waals surface area contributed by atoms with E-state index in [1.165, 1.54) is 11.8 Å². The van der Waals surface area contributed by atoms with Crippen LogP contribution in [-0.4, -0.2) is 63.6 Å².